The molecule has 0 fully saturated rings. The molecule has 7 heteroatoms. The zero-order chi connectivity index (χ0) is 43.8. The molecule has 0 aliphatic heterocycles. The zero-order valence-corrected chi connectivity index (χ0v) is 40.9. The predicted octanol–water partition coefficient (Wildman–Crippen LogP) is 15.3. The average molecular weight is 1030 g/mol. The Kier molecular flexibility index (Phi) is 15.6. The number of nitrogens with zero attached hydrogens (tertiary/aromatic N) is 3. The Morgan fingerprint density at radius 3 is 1.75 bits per heavy atom. The molecule has 9 aromatic rings. The van der Waals surface area contributed by atoms with Gasteiger partial charge in [-0.15, -0.1) is 0 Å². The largest absolute Gasteiger partial charge is 0.455 e. The molecule has 0 saturated heterocycles. The van der Waals surface area contributed by atoms with E-state index < -0.39 is 8.07 Å². The minimum absolute atomic E-state index is 0. The van der Waals surface area contributed by atoms with E-state index in [9.17, 15) is 4.39 Å². The molecule has 0 aliphatic rings. The summed E-state index contributed by atoms with van der Waals surface area (Å²) in [5.41, 5.74) is 13.5. The van der Waals surface area contributed by atoms with Gasteiger partial charge in [-0.1, -0.05) is 151 Å². The Balaban J connectivity index is 0.000000168. The van der Waals surface area contributed by atoms with Crippen LogP contribution in [0.1, 0.15) is 63.1 Å². The first-order valence-electron chi connectivity index (χ1n) is 21.6. The normalized spacial score (nSPS) is 11.2. The Bertz CT molecular complexity index is 2890. The van der Waals surface area contributed by atoms with Crippen LogP contribution in [0.15, 0.2) is 175 Å². The molecular formula is C56H56FIrN3OSi. The summed E-state index contributed by atoms with van der Waals surface area (Å²) >= 11 is 0. The fourth-order valence-corrected chi connectivity index (χ4v) is 9.29. The third-order valence-electron chi connectivity index (χ3n) is 11.1. The number of benzene rings is 5. The Hall–Kier alpha value is -5.85. The molecule has 1 radical (unpaired) electrons. The Labute approximate surface area is 387 Å². The van der Waals surface area contributed by atoms with Gasteiger partial charge in [0.1, 0.15) is 17.0 Å². The van der Waals surface area contributed by atoms with E-state index in [0.29, 0.717) is 28.4 Å². The van der Waals surface area contributed by atoms with E-state index in [4.69, 9.17) is 9.40 Å². The Morgan fingerprint density at radius 1 is 0.571 bits per heavy atom. The van der Waals surface area contributed by atoms with Gasteiger partial charge in [0.2, 0.25) is 0 Å². The molecule has 0 spiro atoms. The molecule has 0 unspecified atom stereocenters. The van der Waals surface area contributed by atoms with Crippen LogP contribution < -0.4 is 5.19 Å². The van der Waals surface area contributed by atoms with Gasteiger partial charge in [-0.25, -0.2) is 4.39 Å². The number of hydrogen-bond acceptors (Lipinski definition) is 4. The van der Waals surface area contributed by atoms with Gasteiger partial charge in [0, 0.05) is 60.8 Å². The molecule has 63 heavy (non-hydrogen) atoms. The van der Waals surface area contributed by atoms with Gasteiger partial charge in [-0.05, 0) is 106 Å². The van der Waals surface area contributed by atoms with Crippen LogP contribution >= 0.6 is 0 Å². The van der Waals surface area contributed by atoms with Crippen molar-refractivity contribution < 1.29 is 28.9 Å². The van der Waals surface area contributed by atoms with Gasteiger partial charge >= 0.3 is 0 Å². The summed E-state index contributed by atoms with van der Waals surface area (Å²) in [5, 5.41) is 2.77. The van der Waals surface area contributed by atoms with Gasteiger partial charge in [-0.3, -0.25) is 15.0 Å². The van der Waals surface area contributed by atoms with E-state index in [0.717, 1.165) is 45.6 Å². The molecule has 0 bridgehead atoms. The minimum atomic E-state index is -1.33. The van der Waals surface area contributed by atoms with Crippen LogP contribution in [-0.4, -0.2) is 23.0 Å². The molecule has 0 atom stereocenters. The fourth-order valence-electron chi connectivity index (χ4n) is 7.61. The van der Waals surface area contributed by atoms with Crippen molar-refractivity contribution in [3.05, 3.63) is 193 Å². The van der Waals surface area contributed by atoms with Crippen molar-refractivity contribution in [2.24, 2.45) is 0 Å². The monoisotopic (exact) mass is 1030 g/mol. The fraction of sp³-hybridized carbons (Fsp3) is 0.196. The summed E-state index contributed by atoms with van der Waals surface area (Å²) in [7, 11) is -1.33. The second-order valence-corrected chi connectivity index (χ2v) is 22.3. The van der Waals surface area contributed by atoms with Gasteiger partial charge in [0.25, 0.3) is 0 Å². The van der Waals surface area contributed by atoms with Crippen LogP contribution in [-0.2, 0) is 26.5 Å². The van der Waals surface area contributed by atoms with Crippen molar-refractivity contribution in [3.8, 4) is 44.9 Å². The number of fused-ring (bicyclic) bond motifs is 3. The maximum atomic E-state index is 14.8. The molecule has 0 saturated carbocycles. The van der Waals surface area contributed by atoms with Crippen molar-refractivity contribution in [2.45, 2.75) is 72.5 Å². The second kappa shape index (κ2) is 21.0. The number of aromatic nitrogens is 3. The van der Waals surface area contributed by atoms with Crippen LogP contribution in [0, 0.1) is 5.82 Å². The average Bonchev–Trinajstić information content (AvgIpc) is 3.70. The van der Waals surface area contributed by atoms with E-state index >= 15 is 0 Å². The molecule has 4 aromatic heterocycles. The van der Waals surface area contributed by atoms with Gasteiger partial charge < -0.3 is 4.42 Å². The van der Waals surface area contributed by atoms with E-state index in [1.807, 2.05) is 72.9 Å². The summed E-state index contributed by atoms with van der Waals surface area (Å²) in [5.74, 6) is 0.652. The molecule has 0 N–H and O–H groups in total. The SMILES string of the molecule is CC(C)c1cc(-c2ccccc2)ncc1[Si](C)(C)C.CC(C)c1ccnc(-c2ccc(F)c3c2oc2cc(-c4ccccc4)ccc23)c1.CCc1ccnc(-c2ccccc2)c1.[Ir]. The van der Waals surface area contributed by atoms with E-state index in [2.05, 4.69) is 143 Å². The molecule has 5 aromatic carbocycles. The van der Waals surface area contributed by atoms with Gasteiger partial charge in [-0.2, -0.15) is 0 Å². The van der Waals surface area contributed by atoms with Crippen molar-refractivity contribution in [1.82, 2.24) is 15.0 Å². The standard InChI is InChI=1S/C26H20FNO.C17H23NSi.C13H13N.Ir/c1-16(2)18-12-13-28-23(14-18)20-10-11-22(27)25-21-9-8-19(15-24(21)29-26(20)25)17-6-4-3-5-7-17;1-13(2)15-11-16(14-9-7-6-8-10-14)18-12-17(15)19(3,4)5;1-2-11-8-9-14-13(10-11)12-6-4-3-5-7-12;/h3-16H,1-2H3;6-13H,1-5H3;3-10H,2H2,1H3;. The van der Waals surface area contributed by atoms with Crippen molar-refractivity contribution in [1.29, 1.82) is 0 Å². The van der Waals surface area contributed by atoms with E-state index in [1.165, 1.54) is 39.1 Å². The molecule has 0 aliphatic carbocycles. The Morgan fingerprint density at radius 2 is 1.16 bits per heavy atom. The number of halogens is 1. The van der Waals surface area contributed by atoms with Crippen LogP contribution in [0.25, 0.3) is 66.8 Å². The first-order chi connectivity index (χ1) is 29.9. The molecule has 9 rings (SSSR count). The van der Waals surface area contributed by atoms with Crippen LogP contribution in [0.5, 0.6) is 0 Å². The van der Waals surface area contributed by atoms with Crippen LogP contribution in [0.3, 0.4) is 0 Å². The maximum absolute atomic E-state index is 14.8. The van der Waals surface area contributed by atoms with E-state index in [-0.39, 0.29) is 25.9 Å². The predicted molar refractivity (Wildman–Crippen MR) is 262 cm³/mol. The van der Waals surface area contributed by atoms with Gasteiger partial charge in [0.05, 0.1) is 30.5 Å². The van der Waals surface area contributed by atoms with Crippen molar-refractivity contribution >= 4 is 35.2 Å². The molecule has 0 amide bonds. The molecule has 321 valence electrons. The first-order valence-corrected chi connectivity index (χ1v) is 25.1. The minimum Gasteiger partial charge on any atom is -0.455 e. The quantitative estimate of drug-likeness (QED) is 0.142. The topological polar surface area (TPSA) is 51.8 Å². The molecule has 4 heterocycles. The van der Waals surface area contributed by atoms with Crippen molar-refractivity contribution in [2.75, 3.05) is 0 Å². The van der Waals surface area contributed by atoms with Crippen LogP contribution in [0.2, 0.25) is 19.6 Å². The number of pyridine rings is 3. The summed E-state index contributed by atoms with van der Waals surface area (Å²) in [6, 6.07) is 50.5. The van der Waals surface area contributed by atoms with Gasteiger partial charge in [0.15, 0.2) is 0 Å². The third-order valence-corrected chi connectivity index (χ3v) is 13.2. The summed E-state index contributed by atoms with van der Waals surface area (Å²) in [6.07, 6.45) is 6.85. The zero-order valence-electron chi connectivity index (χ0n) is 37.5. The number of hydrogen-bond donors (Lipinski definition) is 0. The molecule has 4 nitrogen and oxygen atoms in total. The summed E-state index contributed by atoms with van der Waals surface area (Å²) in [6.45, 7) is 18.1. The maximum Gasteiger partial charge on any atom is 0.147 e. The second-order valence-electron chi connectivity index (χ2n) is 17.3. The smallest absolute Gasteiger partial charge is 0.147 e. The van der Waals surface area contributed by atoms with E-state index in [1.54, 1.807) is 12.3 Å². The van der Waals surface area contributed by atoms with Crippen molar-refractivity contribution in [3.63, 3.8) is 0 Å². The summed E-state index contributed by atoms with van der Waals surface area (Å²) in [4.78, 5) is 13.6. The number of furan rings is 1. The first kappa shape index (κ1) is 46.6. The third kappa shape index (κ3) is 11.2. The number of rotatable bonds is 8. The molecular weight excluding hydrogens is 970 g/mol. The summed E-state index contributed by atoms with van der Waals surface area (Å²) < 4.78 is 21.0. The van der Waals surface area contributed by atoms with Crippen LogP contribution in [0.4, 0.5) is 4.39 Å². The number of aryl methyl sites for hydroxylation is 1.